The average molecular weight is 409 g/mol. The Morgan fingerprint density at radius 1 is 1.00 bits per heavy atom. The first-order valence-electron chi connectivity index (χ1n) is 9.51. The number of nitrogens with one attached hydrogen (secondary N) is 1. The van der Waals surface area contributed by atoms with Crippen LogP contribution < -0.4 is 19.7 Å². The molecule has 1 aliphatic rings. The van der Waals surface area contributed by atoms with Gasteiger partial charge in [0.15, 0.2) is 11.5 Å². The summed E-state index contributed by atoms with van der Waals surface area (Å²) >= 11 is 0. The minimum absolute atomic E-state index is 0.149. The molecule has 10 heteroatoms. The minimum Gasteiger partial charge on any atom is -0.493 e. The van der Waals surface area contributed by atoms with Crippen molar-refractivity contribution in [1.82, 2.24) is 24.4 Å². The molecule has 0 aliphatic carbocycles. The minimum atomic E-state index is -0.149. The number of urea groups is 1. The zero-order valence-electron chi connectivity index (χ0n) is 16.9. The molecule has 2 aromatic heterocycles. The van der Waals surface area contributed by atoms with E-state index in [-0.39, 0.29) is 6.03 Å². The van der Waals surface area contributed by atoms with Gasteiger partial charge < -0.3 is 24.6 Å². The molecule has 1 saturated heterocycles. The number of imidazole rings is 1. The van der Waals surface area contributed by atoms with Crippen LogP contribution in [0.5, 0.6) is 11.5 Å². The van der Waals surface area contributed by atoms with Gasteiger partial charge in [-0.1, -0.05) is 0 Å². The molecule has 2 amide bonds. The summed E-state index contributed by atoms with van der Waals surface area (Å²) in [6.45, 7) is 2.53. The standard InChI is InChI=1S/C20H23N7O3/c1-29-16-4-3-15(11-17(16)30-2)24-20(28)26-9-7-25(8-10-26)18-12-19(23-13-22-18)27-6-5-21-14-27/h3-6,11-14H,7-10H2,1-2H3,(H,24,28). The molecule has 1 aliphatic heterocycles. The number of piperazine rings is 1. The number of ether oxygens (including phenoxy) is 2. The molecule has 0 unspecified atom stereocenters. The highest BCUT2D eigenvalue weighted by molar-refractivity contribution is 5.90. The monoisotopic (exact) mass is 409 g/mol. The Morgan fingerprint density at radius 3 is 2.47 bits per heavy atom. The maximum atomic E-state index is 12.7. The van der Waals surface area contributed by atoms with E-state index in [1.165, 1.54) is 0 Å². The Balaban J connectivity index is 1.36. The van der Waals surface area contributed by atoms with Crippen LogP contribution in [0, 0.1) is 0 Å². The summed E-state index contributed by atoms with van der Waals surface area (Å²) in [5.74, 6) is 2.77. The number of anilines is 2. The molecule has 1 N–H and O–H groups in total. The van der Waals surface area contributed by atoms with Crippen LogP contribution in [0.25, 0.3) is 5.82 Å². The molecule has 0 saturated carbocycles. The molecule has 0 atom stereocenters. The van der Waals surface area contributed by atoms with Gasteiger partial charge in [0.25, 0.3) is 0 Å². The SMILES string of the molecule is COc1ccc(NC(=O)N2CCN(c3cc(-n4ccnc4)ncn3)CC2)cc1OC. The Hall–Kier alpha value is -3.82. The number of carbonyl (C=O) groups is 1. The average Bonchev–Trinajstić information content (AvgIpc) is 3.34. The molecule has 156 valence electrons. The molecular weight excluding hydrogens is 386 g/mol. The number of hydrogen-bond donors (Lipinski definition) is 1. The van der Waals surface area contributed by atoms with E-state index in [1.54, 1.807) is 56.2 Å². The maximum absolute atomic E-state index is 12.7. The van der Waals surface area contributed by atoms with Crippen molar-refractivity contribution in [1.29, 1.82) is 0 Å². The van der Waals surface area contributed by atoms with E-state index in [1.807, 2.05) is 16.8 Å². The quantitative estimate of drug-likeness (QED) is 0.689. The van der Waals surface area contributed by atoms with Crippen LogP contribution in [-0.2, 0) is 0 Å². The second-order valence-electron chi connectivity index (χ2n) is 6.68. The van der Waals surface area contributed by atoms with E-state index >= 15 is 0 Å². The van der Waals surface area contributed by atoms with Gasteiger partial charge in [0.2, 0.25) is 0 Å². The van der Waals surface area contributed by atoms with Gasteiger partial charge in [-0.15, -0.1) is 0 Å². The third-order valence-electron chi connectivity index (χ3n) is 4.93. The lowest BCUT2D eigenvalue weighted by molar-refractivity contribution is 0.208. The number of benzene rings is 1. The maximum Gasteiger partial charge on any atom is 0.321 e. The highest BCUT2D eigenvalue weighted by Crippen LogP contribution is 2.30. The highest BCUT2D eigenvalue weighted by Gasteiger charge is 2.22. The number of amides is 2. The number of nitrogens with zero attached hydrogens (tertiary/aromatic N) is 6. The fourth-order valence-corrected chi connectivity index (χ4v) is 3.30. The van der Waals surface area contributed by atoms with Crippen molar-refractivity contribution in [3.8, 4) is 17.3 Å². The van der Waals surface area contributed by atoms with E-state index in [0.717, 1.165) is 11.6 Å². The Bertz CT molecular complexity index is 1000. The Morgan fingerprint density at radius 2 is 1.77 bits per heavy atom. The normalized spacial score (nSPS) is 13.8. The summed E-state index contributed by atoms with van der Waals surface area (Å²) in [5, 5.41) is 2.92. The predicted octanol–water partition coefficient (Wildman–Crippen LogP) is 2.03. The fourth-order valence-electron chi connectivity index (χ4n) is 3.30. The number of carbonyl (C=O) groups excluding carboxylic acids is 1. The molecule has 4 rings (SSSR count). The van der Waals surface area contributed by atoms with Crippen LogP contribution in [-0.4, -0.2) is 70.8 Å². The van der Waals surface area contributed by atoms with E-state index in [2.05, 4.69) is 25.2 Å². The van der Waals surface area contributed by atoms with Crippen molar-refractivity contribution in [2.24, 2.45) is 0 Å². The van der Waals surface area contributed by atoms with Crippen LogP contribution in [0.1, 0.15) is 0 Å². The zero-order valence-corrected chi connectivity index (χ0v) is 16.9. The van der Waals surface area contributed by atoms with Gasteiger partial charge in [-0.05, 0) is 12.1 Å². The fraction of sp³-hybridized carbons (Fsp3) is 0.300. The first-order valence-corrected chi connectivity index (χ1v) is 9.51. The van der Waals surface area contributed by atoms with Gasteiger partial charge in [0.05, 0.1) is 14.2 Å². The molecule has 1 aromatic carbocycles. The second-order valence-corrected chi connectivity index (χ2v) is 6.68. The lowest BCUT2D eigenvalue weighted by Crippen LogP contribution is -2.50. The van der Waals surface area contributed by atoms with Crippen molar-refractivity contribution >= 4 is 17.5 Å². The largest absolute Gasteiger partial charge is 0.493 e. The third kappa shape index (κ3) is 4.12. The molecule has 1 fully saturated rings. The summed E-state index contributed by atoms with van der Waals surface area (Å²) in [6, 6.07) is 7.06. The van der Waals surface area contributed by atoms with Crippen LogP contribution in [0.4, 0.5) is 16.3 Å². The van der Waals surface area contributed by atoms with E-state index in [0.29, 0.717) is 43.4 Å². The van der Waals surface area contributed by atoms with Gasteiger partial charge in [-0.3, -0.25) is 4.57 Å². The van der Waals surface area contributed by atoms with Crippen molar-refractivity contribution in [2.45, 2.75) is 0 Å². The molecular formula is C20H23N7O3. The topological polar surface area (TPSA) is 97.6 Å². The summed E-state index contributed by atoms with van der Waals surface area (Å²) in [4.78, 5) is 29.3. The second kappa shape index (κ2) is 8.68. The van der Waals surface area contributed by atoms with Crippen molar-refractivity contribution in [3.05, 3.63) is 49.3 Å². The molecule has 3 heterocycles. The first-order chi connectivity index (χ1) is 14.7. The third-order valence-corrected chi connectivity index (χ3v) is 4.93. The lowest BCUT2D eigenvalue weighted by Gasteiger charge is -2.35. The summed E-state index contributed by atoms with van der Waals surface area (Å²) in [7, 11) is 3.14. The smallest absolute Gasteiger partial charge is 0.321 e. The number of hydrogen-bond acceptors (Lipinski definition) is 7. The summed E-state index contributed by atoms with van der Waals surface area (Å²) < 4.78 is 12.3. The van der Waals surface area contributed by atoms with E-state index in [4.69, 9.17) is 9.47 Å². The summed E-state index contributed by atoms with van der Waals surface area (Å²) in [6.07, 6.45) is 6.78. The van der Waals surface area contributed by atoms with E-state index < -0.39 is 0 Å². The van der Waals surface area contributed by atoms with Crippen molar-refractivity contribution in [2.75, 3.05) is 50.6 Å². The predicted molar refractivity (Wildman–Crippen MR) is 112 cm³/mol. The van der Waals surface area contributed by atoms with Crippen LogP contribution in [0.15, 0.2) is 49.3 Å². The zero-order chi connectivity index (χ0) is 20.9. The number of methoxy groups -OCH3 is 2. The molecule has 0 spiro atoms. The van der Waals surface area contributed by atoms with Crippen LogP contribution in [0.3, 0.4) is 0 Å². The number of aromatic nitrogens is 4. The Labute approximate surface area is 174 Å². The Kier molecular flexibility index (Phi) is 5.64. The van der Waals surface area contributed by atoms with Gasteiger partial charge in [-0.2, -0.15) is 0 Å². The van der Waals surface area contributed by atoms with Crippen molar-refractivity contribution < 1.29 is 14.3 Å². The van der Waals surface area contributed by atoms with Gasteiger partial charge in [0, 0.05) is 56.4 Å². The van der Waals surface area contributed by atoms with Crippen LogP contribution >= 0.6 is 0 Å². The van der Waals surface area contributed by atoms with Crippen LogP contribution in [0.2, 0.25) is 0 Å². The highest BCUT2D eigenvalue weighted by atomic mass is 16.5. The molecule has 3 aromatic rings. The lowest BCUT2D eigenvalue weighted by atomic mass is 10.2. The molecule has 10 nitrogen and oxygen atoms in total. The molecule has 0 bridgehead atoms. The van der Waals surface area contributed by atoms with Gasteiger partial charge >= 0.3 is 6.03 Å². The van der Waals surface area contributed by atoms with E-state index in [9.17, 15) is 4.79 Å². The number of rotatable bonds is 5. The summed E-state index contributed by atoms with van der Waals surface area (Å²) in [5.41, 5.74) is 0.654. The molecule has 0 radical (unpaired) electrons. The molecule has 30 heavy (non-hydrogen) atoms. The van der Waals surface area contributed by atoms with Gasteiger partial charge in [-0.25, -0.2) is 19.7 Å². The first kappa shape index (κ1) is 19.5. The van der Waals surface area contributed by atoms with Gasteiger partial charge in [0.1, 0.15) is 24.3 Å². The van der Waals surface area contributed by atoms with Crippen molar-refractivity contribution in [3.63, 3.8) is 0 Å².